The van der Waals surface area contributed by atoms with E-state index in [-0.39, 0.29) is 5.56 Å². The second-order valence-corrected chi connectivity index (χ2v) is 3.90. The van der Waals surface area contributed by atoms with Gasteiger partial charge in [0.2, 0.25) is 0 Å². The second kappa shape index (κ2) is 6.50. The predicted octanol–water partition coefficient (Wildman–Crippen LogP) is 2.09. The SMILES string of the molecule is [2H]c1nn(C([2H])([2H])[2H])c(C([2H])(OC([2H])([2H])C([2H])([2H])N(C)C)c2ccccc2)c1[2H]. The van der Waals surface area contributed by atoms with Crippen molar-refractivity contribution < 1.29 is 18.4 Å². The molecule has 2 rings (SSSR count). The Balaban J connectivity index is 2.81. The molecule has 0 aliphatic heterocycles. The first kappa shape index (κ1) is 5.77. The normalized spacial score (nSPS) is 24.4. The molecule has 0 fully saturated rings. The summed E-state index contributed by atoms with van der Waals surface area (Å²) in [5, 5.41) is 3.51. The zero-order valence-corrected chi connectivity index (χ0v) is 10.6. The van der Waals surface area contributed by atoms with Gasteiger partial charge in [0, 0.05) is 26.5 Å². The first-order valence-corrected chi connectivity index (χ1v) is 5.56. The van der Waals surface area contributed by atoms with Crippen LogP contribution in [0.25, 0.3) is 0 Å². The van der Waals surface area contributed by atoms with Gasteiger partial charge in [0.1, 0.15) is 6.08 Å². The second-order valence-electron chi connectivity index (χ2n) is 3.90. The first-order chi connectivity index (χ1) is 13.1. The molecule has 0 aliphatic carbocycles. The monoisotopic (exact) mass is 269 g/mol. The number of nitrogens with zero attached hydrogens (tertiary/aromatic N) is 3. The van der Waals surface area contributed by atoms with Gasteiger partial charge in [-0.15, -0.1) is 0 Å². The zero-order valence-electron chi connectivity index (χ0n) is 20.6. The third-order valence-electron chi connectivity index (χ3n) is 2.21. The molecule has 0 N–H and O–H groups in total. The van der Waals surface area contributed by atoms with E-state index >= 15 is 0 Å². The van der Waals surface area contributed by atoms with E-state index in [1.165, 1.54) is 38.4 Å². The van der Waals surface area contributed by atoms with Crippen molar-refractivity contribution in [1.82, 2.24) is 14.7 Å². The van der Waals surface area contributed by atoms with Crippen LogP contribution in [0, 0.1) is 0 Å². The lowest BCUT2D eigenvalue weighted by atomic mass is 10.1. The van der Waals surface area contributed by atoms with Crippen LogP contribution in [0.5, 0.6) is 0 Å². The number of rotatable bonds is 6. The first-order valence-electron chi connectivity index (χ1n) is 10.6. The van der Waals surface area contributed by atoms with E-state index in [2.05, 4.69) is 5.10 Å². The number of benzene rings is 1. The van der Waals surface area contributed by atoms with E-state index in [9.17, 15) is 0 Å². The number of aromatic nitrogens is 2. The molecule has 1 atom stereocenters. The fraction of sp³-hybridized carbons (Fsp3) is 0.400. The highest BCUT2D eigenvalue weighted by Gasteiger charge is 2.17. The van der Waals surface area contributed by atoms with Crippen LogP contribution in [-0.2, 0) is 11.7 Å². The molecule has 0 aliphatic rings. The van der Waals surface area contributed by atoms with Gasteiger partial charge in [-0.2, -0.15) is 5.10 Å². The smallest absolute Gasteiger partial charge is 0.124 e. The third-order valence-corrected chi connectivity index (χ3v) is 2.21. The fourth-order valence-corrected chi connectivity index (χ4v) is 1.38. The summed E-state index contributed by atoms with van der Waals surface area (Å²) in [6.45, 7) is -8.82. The molecule has 1 aromatic heterocycles. The molecule has 1 aromatic carbocycles. The lowest BCUT2D eigenvalue weighted by molar-refractivity contribution is 0.0638. The Bertz CT molecular complexity index is 865. The molecule has 0 amide bonds. The highest BCUT2D eigenvalue weighted by atomic mass is 16.5. The van der Waals surface area contributed by atoms with E-state index in [4.69, 9.17) is 18.4 Å². The summed E-state index contributed by atoms with van der Waals surface area (Å²) in [6, 6.07) is 6.58. The minimum absolute atomic E-state index is 0.0580. The molecule has 0 saturated carbocycles. The Labute approximate surface area is 128 Å². The Hall–Kier alpha value is -1.65. The number of hydrogen-bond acceptors (Lipinski definition) is 3. The van der Waals surface area contributed by atoms with Gasteiger partial charge in [-0.1, -0.05) is 30.3 Å². The zero-order chi connectivity index (χ0) is 22.4. The van der Waals surface area contributed by atoms with Crippen molar-refractivity contribution in [2.45, 2.75) is 6.08 Å². The third kappa shape index (κ3) is 3.66. The molecule has 4 heteroatoms. The molecule has 2 aromatic rings. The van der Waals surface area contributed by atoms with E-state index in [1.54, 1.807) is 6.07 Å². The van der Waals surface area contributed by atoms with E-state index in [1.807, 2.05) is 0 Å². The molecule has 0 spiro atoms. The van der Waals surface area contributed by atoms with Gasteiger partial charge in [-0.3, -0.25) is 4.68 Å². The van der Waals surface area contributed by atoms with Crippen LogP contribution in [0.2, 0.25) is 0 Å². The van der Waals surface area contributed by atoms with E-state index < -0.39 is 44.0 Å². The van der Waals surface area contributed by atoms with Gasteiger partial charge in [0.05, 0.1) is 19.1 Å². The van der Waals surface area contributed by atoms with Gasteiger partial charge in [-0.05, 0) is 25.7 Å². The Morgan fingerprint density at radius 3 is 3.00 bits per heavy atom. The van der Waals surface area contributed by atoms with Crippen LogP contribution in [0.1, 0.15) is 31.0 Å². The summed E-state index contributed by atoms with van der Waals surface area (Å²) in [5.41, 5.74) is -0.760. The number of aryl methyl sites for hydroxylation is 1. The maximum Gasteiger partial charge on any atom is 0.124 e. The summed E-state index contributed by atoms with van der Waals surface area (Å²) >= 11 is 0. The minimum atomic E-state index is -3.12. The van der Waals surface area contributed by atoms with Crippen LogP contribution in [0.3, 0.4) is 0 Å². The molecular weight excluding hydrogens is 238 g/mol. The molecule has 19 heavy (non-hydrogen) atoms. The minimum Gasteiger partial charge on any atom is -0.366 e. The Morgan fingerprint density at radius 1 is 1.53 bits per heavy atom. The van der Waals surface area contributed by atoms with Crippen molar-refractivity contribution in [3.63, 3.8) is 0 Å². The quantitative estimate of drug-likeness (QED) is 0.804. The largest absolute Gasteiger partial charge is 0.366 e. The number of hydrogen-bond donors (Lipinski definition) is 0. The maximum absolute atomic E-state index is 8.89. The van der Waals surface area contributed by atoms with Crippen molar-refractivity contribution in [3.8, 4) is 0 Å². The summed E-state index contributed by atoms with van der Waals surface area (Å²) in [4.78, 5) is 0.914. The van der Waals surface area contributed by atoms with Gasteiger partial charge < -0.3 is 9.64 Å². The molecule has 0 saturated heterocycles. The van der Waals surface area contributed by atoms with Crippen LogP contribution >= 0.6 is 0 Å². The Kier molecular flexibility index (Phi) is 1.97. The van der Waals surface area contributed by atoms with Gasteiger partial charge in [0.25, 0.3) is 0 Å². The van der Waals surface area contributed by atoms with Crippen molar-refractivity contribution in [2.24, 2.45) is 6.98 Å². The van der Waals surface area contributed by atoms with E-state index in [0.717, 1.165) is 4.90 Å². The average Bonchev–Trinajstić information content (AvgIpc) is 2.91. The van der Waals surface area contributed by atoms with Crippen molar-refractivity contribution in [2.75, 3.05) is 27.2 Å². The van der Waals surface area contributed by atoms with Gasteiger partial charge in [0.15, 0.2) is 0 Å². The van der Waals surface area contributed by atoms with Crippen LogP contribution in [0.15, 0.2) is 42.5 Å². The lowest BCUT2D eigenvalue weighted by Crippen LogP contribution is -2.20. The van der Waals surface area contributed by atoms with Crippen molar-refractivity contribution >= 4 is 0 Å². The highest BCUT2D eigenvalue weighted by Crippen LogP contribution is 2.25. The molecule has 0 radical (unpaired) electrons. The molecule has 1 heterocycles. The fourth-order valence-electron chi connectivity index (χ4n) is 1.38. The summed E-state index contributed by atoms with van der Waals surface area (Å²) in [7, 11) is 2.56. The molecule has 102 valence electrons. The van der Waals surface area contributed by atoms with Crippen LogP contribution in [0.4, 0.5) is 0 Å². The highest BCUT2D eigenvalue weighted by molar-refractivity contribution is 5.25. The summed E-state index contributed by atoms with van der Waals surface area (Å²) in [5.74, 6) is 0. The predicted molar refractivity (Wildman–Crippen MR) is 76.0 cm³/mol. The van der Waals surface area contributed by atoms with Gasteiger partial charge in [-0.25, -0.2) is 0 Å². The van der Waals surface area contributed by atoms with Crippen LogP contribution < -0.4 is 0 Å². The summed E-state index contributed by atoms with van der Waals surface area (Å²) in [6.07, 6.45) is -3.42. The van der Waals surface area contributed by atoms with Crippen molar-refractivity contribution in [1.29, 1.82) is 0 Å². The lowest BCUT2D eigenvalue weighted by Gasteiger charge is -2.20. The topological polar surface area (TPSA) is 30.3 Å². The average molecular weight is 269 g/mol. The maximum atomic E-state index is 8.89. The molecule has 4 nitrogen and oxygen atoms in total. The summed E-state index contributed by atoms with van der Waals surface area (Å²) < 4.78 is 85.6. The van der Waals surface area contributed by atoms with Gasteiger partial charge >= 0.3 is 0 Å². The molecular formula is C15H21N3O. The van der Waals surface area contributed by atoms with Crippen LogP contribution in [-0.4, -0.2) is 41.8 Å². The van der Waals surface area contributed by atoms with E-state index in [0.29, 0.717) is 4.68 Å². The Morgan fingerprint density at radius 2 is 2.32 bits per heavy atom. The molecule has 0 bridgehead atoms. The standard InChI is InChI=1S/C15H21N3O/c1-17(2)11-12-19-15(13-7-5-4-6-8-13)14-9-10-16-18(14)3/h4-10,15H,11-12H2,1-3H3/i3D3,9D,10D,11D2,12D2,15D. The number of ether oxygens (including phenoxy) is 1. The molecule has 1 unspecified atom stereocenters. The number of likely N-dealkylation sites (N-methyl/N-ethyl adjacent to an activating group) is 1. The van der Waals surface area contributed by atoms with Crippen molar-refractivity contribution in [3.05, 3.63) is 53.8 Å².